The molecule has 9 aromatic rings. The first-order valence-electron chi connectivity index (χ1n) is 35.5. The second kappa shape index (κ2) is 37.5. The van der Waals surface area contributed by atoms with E-state index in [1.165, 1.54) is 36.2 Å². The van der Waals surface area contributed by atoms with Crippen molar-refractivity contribution in [2.75, 3.05) is 94.5 Å². The standard InChI is InChI=1S/C27H36FN7O.C25H33N7O.C23H28FN7O.6H2/c1-4-19-14-22(26-31-32-33-34(26)3)16-25(15-19)30-27(36)29-17-23-18-35(13-11-21(23)5-2)12-10-20-6-8-24(28)9-7-20;1-3-19-14-22(24-28-29-30-31(24)2)16-23(15-19)27-25(33)26-17-21-10-7-12-32(18-21)13-11-20-8-5-4-6-9-20;1-30-22(27-28-29-30)19-3-2-4-21(15-19)26-23(32)25-16-18-10-13-31(14-11-18)12-9-17-5-7-20(24)8-6-17;;;;;;/h6-9,14-16,21,23H,4-5,10-13,17-18H2,1-3H3,(H2,29,30,36);4-6,8-9,14-16,21H,3,7,10-13,17-18H2,1-2H3,(H2,26,27,33);2-8,15,18H,9-14,16H2,1H3,(H2,25,26,32);6*1H/t21-,23-;21-;;;;;;;/m00......./s1. The molecule has 3 aliphatic rings. The highest BCUT2D eigenvalue weighted by molar-refractivity contribution is 5.91. The third-order valence-corrected chi connectivity index (χ3v) is 19.3. The van der Waals surface area contributed by atoms with Gasteiger partial charge in [-0.3, -0.25) is 0 Å². The number of aromatic nitrogens is 12. The number of nitrogens with one attached hydrogen (secondary N) is 6. The van der Waals surface area contributed by atoms with Gasteiger partial charge >= 0.3 is 18.1 Å². The second-order valence-corrected chi connectivity index (χ2v) is 26.6. The highest BCUT2D eigenvalue weighted by Crippen LogP contribution is 2.29. The molecule has 3 atom stereocenters. The van der Waals surface area contributed by atoms with E-state index in [1.54, 1.807) is 35.2 Å². The molecule has 3 aromatic heterocycles. The first-order valence-corrected chi connectivity index (χ1v) is 35.5. The van der Waals surface area contributed by atoms with Gasteiger partial charge in [0.05, 0.1) is 0 Å². The topological polar surface area (TPSA) is 264 Å². The van der Waals surface area contributed by atoms with Gasteiger partial charge in [-0.25, -0.2) is 37.2 Å². The Kier molecular flexibility index (Phi) is 27.4. The lowest BCUT2D eigenvalue weighted by Crippen LogP contribution is -2.46. The van der Waals surface area contributed by atoms with Gasteiger partial charge in [0.25, 0.3) is 0 Å². The molecule has 0 saturated carbocycles. The Morgan fingerprint density at radius 3 is 1.40 bits per heavy atom. The number of piperidine rings is 3. The van der Waals surface area contributed by atoms with E-state index in [4.69, 9.17) is 0 Å². The molecule has 6 aromatic carbocycles. The smallest absolute Gasteiger partial charge is 0.319 e. The highest BCUT2D eigenvalue weighted by Gasteiger charge is 2.29. The molecule has 0 unspecified atom stereocenters. The number of amides is 6. The minimum atomic E-state index is -0.211. The summed E-state index contributed by atoms with van der Waals surface area (Å²) in [5, 5.41) is 53.0. The van der Waals surface area contributed by atoms with Crippen molar-refractivity contribution in [3.63, 3.8) is 0 Å². The summed E-state index contributed by atoms with van der Waals surface area (Å²) in [5.41, 5.74) is 10.7. The monoisotopic (exact) mass is 1390 g/mol. The molecule has 0 spiro atoms. The molecule has 12 rings (SSSR count). The Labute approximate surface area is 599 Å². The van der Waals surface area contributed by atoms with E-state index in [1.807, 2.05) is 78.9 Å². The molecule has 546 valence electrons. The predicted molar refractivity (Wildman–Crippen MR) is 402 cm³/mol. The quantitative estimate of drug-likeness (QED) is 0.0328. The summed E-state index contributed by atoms with van der Waals surface area (Å²) < 4.78 is 31.0. The first-order chi connectivity index (χ1) is 49.1. The van der Waals surface area contributed by atoms with E-state index < -0.39 is 0 Å². The Hall–Kier alpha value is -9.92. The number of urea groups is 3. The van der Waals surface area contributed by atoms with Crippen molar-refractivity contribution in [1.29, 1.82) is 0 Å². The van der Waals surface area contributed by atoms with Gasteiger partial charge in [-0.15, -0.1) is 15.3 Å². The third-order valence-electron chi connectivity index (χ3n) is 19.3. The van der Waals surface area contributed by atoms with Crippen LogP contribution in [0.3, 0.4) is 0 Å². The molecule has 0 aliphatic carbocycles. The van der Waals surface area contributed by atoms with Crippen molar-refractivity contribution in [3.8, 4) is 34.2 Å². The van der Waals surface area contributed by atoms with E-state index in [9.17, 15) is 23.2 Å². The summed E-state index contributed by atoms with van der Waals surface area (Å²) >= 11 is 0. The van der Waals surface area contributed by atoms with Crippen molar-refractivity contribution >= 4 is 35.2 Å². The van der Waals surface area contributed by atoms with Crippen molar-refractivity contribution < 1.29 is 31.7 Å². The summed E-state index contributed by atoms with van der Waals surface area (Å²) in [4.78, 5) is 45.2. The molecule has 6 amide bonds. The van der Waals surface area contributed by atoms with E-state index in [2.05, 4.69) is 150 Å². The van der Waals surface area contributed by atoms with Gasteiger partial charge in [-0.05, 0) is 246 Å². The number of hydrogen-bond acceptors (Lipinski definition) is 15. The second-order valence-electron chi connectivity index (χ2n) is 26.6. The van der Waals surface area contributed by atoms with Gasteiger partial charge in [0.1, 0.15) is 11.6 Å². The largest absolute Gasteiger partial charge is 0.338 e. The van der Waals surface area contributed by atoms with Crippen molar-refractivity contribution in [3.05, 3.63) is 179 Å². The molecule has 3 saturated heterocycles. The lowest BCUT2D eigenvalue weighted by Gasteiger charge is -2.38. The molecule has 24 nitrogen and oxygen atoms in total. The van der Waals surface area contributed by atoms with E-state index in [-0.39, 0.29) is 38.3 Å². The molecule has 26 heteroatoms. The number of hydrogen-bond donors (Lipinski definition) is 6. The SMILES string of the molecule is CCc1cc(NC(=O)NC[C@@H]2CCCN(CCc3ccccc3)C2)cc(-c2nnnn2C)c1.CCc1cc(NC(=O)NC[C@H]2CN(CCc3ccc(F)cc3)CC[C@@H]2CC)cc(-c2nnnn2C)c1.Cn1nnnc1-c1cccc(NC(=O)NCC2CCN(CCc3ccc(F)cc3)CC2)c1.[HH].[HH].[HH].[HH].[HH].[HH]. The van der Waals surface area contributed by atoms with Crippen LogP contribution in [0.1, 0.15) is 95.7 Å². The minimum absolute atomic E-state index is 0. The van der Waals surface area contributed by atoms with Crippen LogP contribution >= 0.6 is 0 Å². The Balaban J connectivity index is 0.000000331. The van der Waals surface area contributed by atoms with Gasteiger partial charge in [0.2, 0.25) is 0 Å². The number of halogens is 2. The summed E-state index contributed by atoms with van der Waals surface area (Å²) in [5.74, 6) is 3.50. The van der Waals surface area contributed by atoms with Gasteiger partial charge in [-0.1, -0.05) is 93.9 Å². The number of benzene rings is 6. The Morgan fingerprint density at radius 2 is 0.891 bits per heavy atom. The fourth-order valence-corrected chi connectivity index (χ4v) is 13.4. The normalized spacial score (nSPS) is 16.6. The molecule has 6 N–H and O–H groups in total. The number of nitrogens with zero attached hydrogens (tertiary/aromatic N) is 15. The third kappa shape index (κ3) is 22.8. The maximum atomic E-state index is 13.2. The number of anilines is 3. The lowest BCUT2D eigenvalue weighted by molar-refractivity contribution is 0.117. The fourth-order valence-electron chi connectivity index (χ4n) is 13.4. The molecule has 3 aliphatic heterocycles. The van der Waals surface area contributed by atoms with Gasteiger partial charge < -0.3 is 46.6 Å². The van der Waals surface area contributed by atoms with Crippen LogP contribution in [0, 0.1) is 35.3 Å². The van der Waals surface area contributed by atoms with Crippen LogP contribution in [0.15, 0.2) is 140 Å². The number of tetrazole rings is 3. The van der Waals surface area contributed by atoms with Crippen molar-refractivity contribution in [2.24, 2.45) is 44.8 Å². The number of aryl methyl sites for hydroxylation is 5. The van der Waals surface area contributed by atoms with Crippen molar-refractivity contribution in [2.45, 2.75) is 91.4 Å². The van der Waals surface area contributed by atoms with E-state index in [0.29, 0.717) is 66.5 Å². The molecule has 6 heterocycles. The molecular formula is C75H109F2N21O3. The van der Waals surface area contributed by atoms with Crippen LogP contribution in [0.2, 0.25) is 0 Å². The van der Waals surface area contributed by atoms with Gasteiger partial charge in [0, 0.05) is 116 Å². The maximum Gasteiger partial charge on any atom is 0.319 e. The number of carbonyl (C=O) groups excluding carboxylic acids is 3. The summed E-state index contributed by atoms with van der Waals surface area (Å²) in [6, 6.07) is 42.9. The van der Waals surface area contributed by atoms with Gasteiger partial charge in [0.15, 0.2) is 17.5 Å². The number of carbonyl (C=O) groups is 3. The summed E-state index contributed by atoms with van der Waals surface area (Å²) in [6.07, 6.45) is 11.3. The summed E-state index contributed by atoms with van der Waals surface area (Å²) in [7, 11) is 5.38. The fraction of sp³-hybridized carbons (Fsp3) is 0.440. The van der Waals surface area contributed by atoms with Crippen LogP contribution in [-0.2, 0) is 53.2 Å². The van der Waals surface area contributed by atoms with Crippen LogP contribution in [0.25, 0.3) is 34.2 Å². The Morgan fingerprint density at radius 1 is 0.436 bits per heavy atom. The summed E-state index contributed by atoms with van der Waals surface area (Å²) in [6.45, 7) is 17.6. The molecule has 3 fully saturated rings. The van der Waals surface area contributed by atoms with Crippen LogP contribution < -0.4 is 31.9 Å². The lowest BCUT2D eigenvalue weighted by atomic mass is 9.83. The molecule has 0 radical (unpaired) electrons. The van der Waals surface area contributed by atoms with Crippen LogP contribution in [0.4, 0.5) is 40.2 Å². The van der Waals surface area contributed by atoms with E-state index in [0.717, 1.165) is 173 Å². The minimum Gasteiger partial charge on any atom is -0.338 e. The zero-order chi connectivity index (χ0) is 70.9. The number of likely N-dealkylation sites (tertiary alicyclic amines) is 3. The number of rotatable bonds is 24. The van der Waals surface area contributed by atoms with Crippen LogP contribution in [0.5, 0.6) is 0 Å². The molecular weight excluding hydrogens is 1280 g/mol. The first kappa shape index (κ1) is 73.8. The molecule has 101 heavy (non-hydrogen) atoms. The zero-order valence-electron chi connectivity index (χ0n) is 59.0. The predicted octanol–water partition coefficient (Wildman–Crippen LogP) is 12.4. The van der Waals surface area contributed by atoms with Crippen molar-refractivity contribution in [1.82, 2.24) is 91.3 Å². The highest BCUT2D eigenvalue weighted by atomic mass is 19.1. The zero-order valence-corrected chi connectivity index (χ0v) is 59.0. The molecule has 0 bridgehead atoms. The average Bonchev–Trinajstić information content (AvgIpc) is 1.23. The van der Waals surface area contributed by atoms with Gasteiger partial charge in [-0.2, -0.15) is 0 Å². The average molecular weight is 1390 g/mol. The maximum absolute atomic E-state index is 13.2. The van der Waals surface area contributed by atoms with E-state index >= 15 is 0 Å². The van der Waals surface area contributed by atoms with Crippen LogP contribution in [-0.4, -0.2) is 172 Å². The Bertz CT molecular complexity index is 4080.